The summed E-state index contributed by atoms with van der Waals surface area (Å²) in [5.74, 6) is -0.352. The van der Waals surface area contributed by atoms with Gasteiger partial charge in [-0.2, -0.15) is 0 Å². The number of urea groups is 1. The van der Waals surface area contributed by atoms with Crippen molar-refractivity contribution in [3.8, 4) is 0 Å². The highest BCUT2D eigenvalue weighted by atomic mass is 19.1. The Hall–Kier alpha value is -2.40. The average molecular weight is 273 g/mol. The quantitative estimate of drug-likeness (QED) is 0.803. The Kier molecular flexibility index (Phi) is 4.32. The molecule has 2 aromatic rings. The lowest BCUT2D eigenvalue weighted by atomic mass is 10.2. The molecule has 0 saturated heterocycles. The summed E-state index contributed by atoms with van der Waals surface area (Å²) in [5.41, 5.74) is 8.07. The van der Waals surface area contributed by atoms with Gasteiger partial charge in [-0.1, -0.05) is 18.2 Å². The van der Waals surface area contributed by atoms with Gasteiger partial charge in [0, 0.05) is 17.9 Å². The standard InChI is InChI=1S/C15H16FN3O/c1-10-2-5-13(8-14(10)16)19-15(20)18-12-6-3-11(9-17)4-7-12/h2-8H,9,17H2,1H3,(H2,18,19,20). The summed E-state index contributed by atoms with van der Waals surface area (Å²) in [7, 11) is 0. The van der Waals surface area contributed by atoms with Gasteiger partial charge in [-0.3, -0.25) is 0 Å². The molecule has 2 rings (SSSR count). The molecule has 20 heavy (non-hydrogen) atoms. The van der Waals surface area contributed by atoms with Crippen LogP contribution in [0.25, 0.3) is 0 Å². The minimum absolute atomic E-state index is 0.352. The maximum absolute atomic E-state index is 13.4. The first-order valence-corrected chi connectivity index (χ1v) is 6.21. The van der Waals surface area contributed by atoms with Gasteiger partial charge in [0.2, 0.25) is 0 Å². The van der Waals surface area contributed by atoms with Crippen LogP contribution in [-0.4, -0.2) is 6.03 Å². The van der Waals surface area contributed by atoms with Gasteiger partial charge in [0.05, 0.1) is 0 Å². The smallest absolute Gasteiger partial charge is 0.323 e. The predicted molar refractivity (Wildman–Crippen MR) is 78.1 cm³/mol. The van der Waals surface area contributed by atoms with E-state index in [1.54, 1.807) is 31.2 Å². The van der Waals surface area contributed by atoms with E-state index in [1.165, 1.54) is 6.07 Å². The van der Waals surface area contributed by atoms with Gasteiger partial charge in [0.1, 0.15) is 5.82 Å². The largest absolute Gasteiger partial charge is 0.326 e. The molecule has 0 aliphatic heterocycles. The van der Waals surface area contributed by atoms with Crippen molar-refractivity contribution in [1.82, 2.24) is 0 Å². The molecule has 0 unspecified atom stereocenters. The van der Waals surface area contributed by atoms with Crippen molar-refractivity contribution in [3.63, 3.8) is 0 Å². The molecule has 0 aromatic heterocycles. The van der Waals surface area contributed by atoms with E-state index in [1.807, 2.05) is 12.1 Å². The third-order valence-electron chi connectivity index (χ3n) is 2.88. The Balaban J connectivity index is 1.99. The van der Waals surface area contributed by atoms with E-state index in [0.29, 0.717) is 23.5 Å². The summed E-state index contributed by atoms with van der Waals surface area (Å²) in [6, 6.07) is 11.3. The number of hydrogen-bond acceptors (Lipinski definition) is 2. The average Bonchev–Trinajstić information content (AvgIpc) is 2.44. The molecule has 2 amide bonds. The first kappa shape index (κ1) is 14.0. The van der Waals surface area contributed by atoms with Gasteiger partial charge in [0.25, 0.3) is 0 Å². The van der Waals surface area contributed by atoms with E-state index >= 15 is 0 Å². The van der Waals surface area contributed by atoms with Crippen molar-refractivity contribution >= 4 is 17.4 Å². The van der Waals surface area contributed by atoms with Gasteiger partial charge in [-0.05, 0) is 42.3 Å². The summed E-state index contributed by atoms with van der Waals surface area (Å²) in [4.78, 5) is 11.8. The number of nitrogens with one attached hydrogen (secondary N) is 2. The number of carbonyl (C=O) groups excluding carboxylic acids is 1. The minimum atomic E-state index is -0.422. The molecule has 4 N–H and O–H groups in total. The molecule has 4 nitrogen and oxygen atoms in total. The number of anilines is 2. The highest BCUT2D eigenvalue weighted by Crippen LogP contribution is 2.14. The van der Waals surface area contributed by atoms with E-state index < -0.39 is 6.03 Å². The van der Waals surface area contributed by atoms with Crippen LogP contribution < -0.4 is 16.4 Å². The molecule has 0 radical (unpaired) electrons. The van der Waals surface area contributed by atoms with Crippen LogP contribution in [-0.2, 0) is 6.54 Å². The Bertz CT molecular complexity index is 611. The number of benzene rings is 2. The van der Waals surface area contributed by atoms with Crippen molar-refractivity contribution < 1.29 is 9.18 Å². The zero-order valence-corrected chi connectivity index (χ0v) is 11.1. The normalized spacial score (nSPS) is 10.2. The second-order valence-electron chi connectivity index (χ2n) is 4.44. The topological polar surface area (TPSA) is 67.2 Å². The second-order valence-corrected chi connectivity index (χ2v) is 4.44. The Morgan fingerprint density at radius 3 is 2.30 bits per heavy atom. The zero-order valence-electron chi connectivity index (χ0n) is 11.1. The van der Waals surface area contributed by atoms with Crippen LogP contribution in [0.4, 0.5) is 20.6 Å². The second kappa shape index (κ2) is 6.16. The molecule has 0 spiro atoms. The minimum Gasteiger partial charge on any atom is -0.326 e. The van der Waals surface area contributed by atoms with Crippen LogP contribution in [0.3, 0.4) is 0 Å². The predicted octanol–water partition coefficient (Wildman–Crippen LogP) is 3.24. The summed E-state index contributed by atoms with van der Waals surface area (Å²) in [5, 5.41) is 5.23. The maximum Gasteiger partial charge on any atom is 0.323 e. The van der Waals surface area contributed by atoms with Crippen molar-refractivity contribution in [2.24, 2.45) is 5.73 Å². The molecule has 0 aliphatic rings. The summed E-state index contributed by atoms with van der Waals surface area (Å²) >= 11 is 0. The lowest BCUT2D eigenvalue weighted by Gasteiger charge is -2.08. The van der Waals surface area contributed by atoms with E-state index in [-0.39, 0.29) is 5.82 Å². The summed E-state index contributed by atoms with van der Waals surface area (Å²) in [6.45, 7) is 2.12. The van der Waals surface area contributed by atoms with Crippen molar-refractivity contribution in [2.75, 3.05) is 10.6 Å². The molecule has 2 aromatic carbocycles. The fourth-order valence-corrected chi connectivity index (χ4v) is 1.69. The van der Waals surface area contributed by atoms with Crippen LogP contribution in [0.5, 0.6) is 0 Å². The number of hydrogen-bond donors (Lipinski definition) is 3. The zero-order chi connectivity index (χ0) is 14.5. The maximum atomic E-state index is 13.4. The molecule has 0 atom stereocenters. The lowest BCUT2D eigenvalue weighted by molar-refractivity contribution is 0.262. The fraction of sp³-hybridized carbons (Fsp3) is 0.133. The molecule has 0 heterocycles. The Labute approximate surface area is 116 Å². The molecule has 0 aliphatic carbocycles. The van der Waals surface area contributed by atoms with Gasteiger partial charge >= 0.3 is 6.03 Å². The molecular weight excluding hydrogens is 257 g/mol. The molecule has 0 bridgehead atoms. The van der Waals surface area contributed by atoms with E-state index in [2.05, 4.69) is 10.6 Å². The first-order chi connectivity index (χ1) is 9.58. The number of halogens is 1. The van der Waals surface area contributed by atoms with Crippen LogP contribution >= 0.6 is 0 Å². The molecule has 0 saturated carbocycles. The highest BCUT2D eigenvalue weighted by molar-refractivity contribution is 5.99. The summed E-state index contributed by atoms with van der Waals surface area (Å²) in [6.07, 6.45) is 0. The highest BCUT2D eigenvalue weighted by Gasteiger charge is 2.04. The number of rotatable bonds is 3. The van der Waals surface area contributed by atoms with Crippen molar-refractivity contribution in [1.29, 1.82) is 0 Å². The summed E-state index contributed by atoms with van der Waals surface area (Å²) < 4.78 is 13.4. The van der Waals surface area contributed by atoms with Crippen LogP contribution in [0.15, 0.2) is 42.5 Å². The van der Waals surface area contributed by atoms with Crippen LogP contribution in [0.1, 0.15) is 11.1 Å². The third kappa shape index (κ3) is 3.55. The molecular formula is C15H16FN3O. The molecule has 104 valence electrons. The molecule has 5 heteroatoms. The van der Waals surface area contributed by atoms with Gasteiger partial charge in [-0.15, -0.1) is 0 Å². The van der Waals surface area contributed by atoms with E-state index in [0.717, 1.165) is 5.56 Å². The fourth-order valence-electron chi connectivity index (χ4n) is 1.69. The first-order valence-electron chi connectivity index (χ1n) is 6.21. The Morgan fingerprint density at radius 2 is 1.70 bits per heavy atom. The van der Waals surface area contributed by atoms with Crippen LogP contribution in [0, 0.1) is 12.7 Å². The third-order valence-corrected chi connectivity index (χ3v) is 2.88. The van der Waals surface area contributed by atoms with Crippen molar-refractivity contribution in [3.05, 3.63) is 59.4 Å². The Morgan fingerprint density at radius 1 is 1.10 bits per heavy atom. The molecule has 0 fully saturated rings. The number of carbonyl (C=O) groups is 1. The monoisotopic (exact) mass is 273 g/mol. The van der Waals surface area contributed by atoms with Gasteiger partial charge < -0.3 is 16.4 Å². The number of amides is 2. The van der Waals surface area contributed by atoms with E-state index in [4.69, 9.17) is 5.73 Å². The lowest BCUT2D eigenvalue weighted by Crippen LogP contribution is -2.19. The SMILES string of the molecule is Cc1ccc(NC(=O)Nc2ccc(CN)cc2)cc1F. The van der Waals surface area contributed by atoms with Gasteiger partial charge in [0.15, 0.2) is 0 Å². The van der Waals surface area contributed by atoms with Gasteiger partial charge in [-0.25, -0.2) is 9.18 Å². The van der Waals surface area contributed by atoms with E-state index in [9.17, 15) is 9.18 Å². The van der Waals surface area contributed by atoms with Crippen molar-refractivity contribution in [2.45, 2.75) is 13.5 Å². The van der Waals surface area contributed by atoms with Crippen LogP contribution in [0.2, 0.25) is 0 Å². The number of nitrogens with two attached hydrogens (primary N) is 1. The number of aryl methyl sites for hydroxylation is 1.